The molecule has 0 radical (unpaired) electrons. The van der Waals surface area contributed by atoms with Gasteiger partial charge in [0.05, 0.1) is 19.4 Å². The highest BCUT2D eigenvalue weighted by Gasteiger charge is 2.23. The second kappa shape index (κ2) is 9.02. The molecule has 0 aliphatic heterocycles. The molecule has 2 heterocycles. The van der Waals surface area contributed by atoms with Gasteiger partial charge in [0.1, 0.15) is 22.6 Å². The van der Waals surface area contributed by atoms with Crippen LogP contribution >= 0.6 is 23.2 Å². The van der Waals surface area contributed by atoms with E-state index >= 15 is 0 Å². The molecule has 0 aliphatic carbocycles. The number of carbonyl (C=O) groups excluding carboxylic acids is 1. The molecule has 4 rings (SSSR count). The molecule has 164 valence electrons. The minimum absolute atomic E-state index is 0.125. The second-order valence-electron chi connectivity index (χ2n) is 6.76. The van der Waals surface area contributed by atoms with E-state index in [1.165, 1.54) is 7.11 Å². The molecule has 0 amide bonds. The van der Waals surface area contributed by atoms with Crippen LogP contribution in [0, 0.1) is 6.92 Å². The van der Waals surface area contributed by atoms with E-state index in [1.54, 1.807) is 37.3 Å². The number of hydrogen-bond acceptors (Lipinski definition) is 8. The molecular formula is C22H18Cl2N4O4. The van der Waals surface area contributed by atoms with Gasteiger partial charge in [-0.25, -0.2) is 9.78 Å². The van der Waals surface area contributed by atoms with Crippen molar-refractivity contribution in [3.63, 3.8) is 0 Å². The van der Waals surface area contributed by atoms with Gasteiger partial charge in [-0.2, -0.15) is 4.98 Å². The third-order valence-corrected chi connectivity index (χ3v) is 5.30. The number of nitrogens with zero attached hydrogens (tertiary/aromatic N) is 3. The summed E-state index contributed by atoms with van der Waals surface area (Å²) in [6, 6.07) is 10.6. The Hall–Kier alpha value is -3.36. The van der Waals surface area contributed by atoms with Crippen LogP contribution in [0.4, 0.5) is 11.5 Å². The molecule has 2 aromatic carbocycles. The molecule has 0 spiro atoms. The SMILES string of the molecule is CCOC(=O)c1nc(Nc2cc(C)c(Cl)cc2OC)c2c(-c3ccc(Cl)cc3)noc2n1. The Morgan fingerprint density at radius 1 is 1.16 bits per heavy atom. The fourth-order valence-electron chi connectivity index (χ4n) is 3.09. The Morgan fingerprint density at radius 2 is 1.91 bits per heavy atom. The van der Waals surface area contributed by atoms with Crippen LogP contribution in [0.1, 0.15) is 23.1 Å². The van der Waals surface area contributed by atoms with Gasteiger partial charge in [0, 0.05) is 21.7 Å². The summed E-state index contributed by atoms with van der Waals surface area (Å²) < 4.78 is 16.0. The topological polar surface area (TPSA) is 99.4 Å². The number of ether oxygens (including phenoxy) is 2. The number of rotatable bonds is 6. The van der Waals surface area contributed by atoms with Crippen molar-refractivity contribution in [1.82, 2.24) is 15.1 Å². The van der Waals surface area contributed by atoms with Gasteiger partial charge in [0.15, 0.2) is 0 Å². The number of anilines is 2. The van der Waals surface area contributed by atoms with Gasteiger partial charge in [-0.1, -0.05) is 40.5 Å². The highest BCUT2D eigenvalue weighted by atomic mass is 35.5. The summed E-state index contributed by atoms with van der Waals surface area (Å²) in [5.74, 6) is -0.0507. The van der Waals surface area contributed by atoms with E-state index in [9.17, 15) is 4.79 Å². The van der Waals surface area contributed by atoms with E-state index in [-0.39, 0.29) is 18.1 Å². The summed E-state index contributed by atoms with van der Waals surface area (Å²) in [5.41, 5.74) is 2.77. The number of esters is 1. The minimum Gasteiger partial charge on any atom is -0.495 e. The minimum atomic E-state index is -0.679. The molecule has 0 aliphatic rings. The Labute approximate surface area is 193 Å². The molecule has 4 aromatic rings. The van der Waals surface area contributed by atoms with Gasteiger partial charge in [-0.3, -0.25) is 0 Å². The van der Waals surface area contributed by atoms with Crippen molar-refractivity contribution in [2.24, 2.45) is 0 Å². The van der Waals surface area contributed by atoms with Crippen molar-refractivity contribution in [2.45, 2.75) is 13.8 Å². The Morgan fingerprint density at radius 3 is 2.59 bits per heavy atom. The Balaban J connectivity index is 1.92. The fourth-order valence-corrected chi connectivity index (χ4v) is 3.37. The van der Waals surface area contributed by atoms with Gasteiger partial charge < -0.3 is 19.3 Å². The van der Waals surface area contributed by atoms with Crippen LogP contribution in [-0.2, 0) is 4.74 Å². The molecule has 0 bridgehead atoms. The number of fused-ring (bicyclic) bond motifs is 1. The number of aryl methyl sites for hydroxylation is 1. The maximum absolute atomic E-state index is 12.3. The van der Waals surface area contributed by atoms with Crippen LogP contribution in [0.15, 0.2) is 40.9 Å². The predicted octanol–water partition coefficient (Wildman–Crippen LogP) is 5.83. The molecule has 10 heteroatoms. The average Bonchev–Trinajstić information content (AvgIpc) is 3.21. The summed E-state index contributed by atoms with van der Waals surface area (Å²) in [4.78, 5) is 20.9. The largest absolute Gasteiger partial charge is 0.495 e. The van der Waals surface area contributed by atoms with Gasteiger partial charge in [-0.15, -0.1) is 0 Å². The molecule has 0 atom stereocenters. The van der Waals surface area contributed by atoms with Crippen molar-refractivity contribution < 1.29 is 18.8 Å². The molecule has 8 nitrogen and oxygen atoms in total. The lowest BCUT2D eigenvalue weighted by molar-refractivity contribution is 0.0512. The monoisotopic (exact) mass is 472 g/mol. The summed E-state index contributed by atoms with van der Waals surface area (Å²) in [6.07, 6.45) is 0. The summed E-state index contributed by atoms with van der Waals surface area (Å²) >= 11 is 12.3. The van der Waals surface area contributed by atoms with E-state index in [0.29, 0.717) is 38.4 Å². The first-order chi connectivity index (χ1) is 15.4. The molecule has 2 aromatic heterocycles. The highest BCUT2D eigenvalue weighted by molar-refractivity contribution is 6.31. The van der Waals surface area contributed by atoms with E-state index < -0.39 is 5.97 Å². The van der Waals surface area contributed by atoms with Gasteiger partial charge >= 0.3 is 5.97 Å². The van der Waals surface area contributed by atoms with E-state index in [1.807, 2.05) is 13.0 Å². The summed E-state index contributed by atoms with van der Waals surface area (Å²) in [6.45, 7) is 3.74. The zero-order valence-corrected chi connectivity index (χ0v) is 18.9. The molecule has 0 saturated carbocycles. The number of methoxy groups -OCH3 is 1. The zero-order valence-electron chi connectivity index (χ0n) is 17.4. The number of benzene rings is 2. The average molecular weight is 473 g/mol. The molecule has 32 heavy (non-hydrogen) atoms. The maximum Gasteiger partial charge on any atom is 0.376 e. The van der Waals surface area contributed by atoms with Gasteiger partial charge in [0.2, 0.25) is 5.82 Å². The third kappa shape index (κ3) is 4.19. The van der Waals surface area contributed by atoms with Crippen LogP contribution in [0.5, 0.6) is 5.75 Å². The van der Waals surface area contributed by atoms with Gasteiger partial charge in [0.25, 0.3) is 5.71 Å². The quantitative estimate of drug-likeness (QED) is 0.349. The van der Waals surface area contributed by atoms with Crippen LogP contribution in [0.3, 0.4) is 0 Å². The lowest BCUT2D eigenvalue weighted by Gasteiger charge is -2.14. The summed E-state index contributed by atoms with van der Waals surface area (Å²) in [5, 5.41) is 8.99. The van der Waals surface area contributed by atoms with Crippen LogP contribution in [0.2, 0.25) is 10.0 Å². The van der Waals surface area contributed by atoms with Crippen molar-refractivity contribution in [3.8, 4) is 17.0 Å². The van der Waals surface area contributed by atoms with Crippen molar-refractivity contribution >= 4 is 51.8 Å². The lowest BCUT2D eigenvalue weighted by Crippen LogP contribution is -2.11. The van der Waals surface area contributed by atoms with E-state index in [4.69, 9.17) is 37.2 Å². The molecule has 1 N–H and O–H groups in total. The standard InChI is InChI=1S/C22H18Cl2N4O4/c1-4-31-22(29)20-26-19(25-15-9-11(2)14(24)10-16(15)30-3)17-18(28-32-21(17)27-20)12-5-7-13(23)8-6-12/h5-10H,4H2,1-3H3,(H,25,26,27). The maximum atomic E-state index is 12.3. The number of aromatic nitrogens is 3. The fraction of sp³-hybridized carbons (Fsp3) is 0.182. The smallest absolute Gasteiger partial charge is 0.376 e. The highest BCUT2D eigenvalue weighted by Crippen LogP contribution is 2.37. The number of hydrogen-bond donors (Lipinski definition) is 1. The van der Waals surface area contributed by atoms with Gasteiger partial charge in [-0.05, 0) is 37.6 Å². The molecule has 0 saturated heterocycles. The molecule has 0 unspecified atom stereocenters. The second-order valence-corrected chi connectivity index (χ2v) is 7.60. The van der Waals surface area contributed by atoms with Crippen LogP contribution in [-0.4, -0.2) is 34.8 Å². The van der Waals surface area contributed by atoms with E-state index in [2.05, 4.69) is 20.4 Å². The first-order valence-electron chi connectivity index (χ1n) is 9.63. The van der Waals surface area contributed by atoms with Crippen molar-refractivity contribution in [1.29, 1.82) is 0 Å². The number of halogens is 2. The predicted molar refractivity (Wildman–Crippen MR) is 122 cm³/mol. The van der Waals surface area contributed by atoms with Crippen LogP contribution < -0.4 is 10.1 Å². The first-order valence-corrected chi connectivity index (χ1v) is 10.4. The van der Waals surface area contributed by atoms with E-state index in [0.717, 1.165) is 11.1 Å². The molecule has 0 fully saturated rings. The number of nitrogens with one attached hydrogen (secondary N) is 1. The number of carbonyl (C=O) groups is 1. The van der Waals surface area contributed by atoms with Crippen molar-refractivity contribution in [2.75, 3.05) is 19.0 Å². The third-order valence-electron chi connectivity index (χ3n) is 4.65. The molecular weight excluding hydrogens is 455 g/mol. The Bertz CT molecular complexity index is 1310. The van der Waals surface area contributed by atoms with Crippen molar-refractivity contribution in [3.05, 3.63) is 57.8 Å². The zero-order chi connectivity index (χ0) is 22.8. The van der Waals surface area contributed by atoms with Crippen LogP contribution in [0.25, 0.3) is 22.4 Å². The normalized spacial score (nSPS) is 10.9. The Kier molecular flexibility index (Phi) is 6.16. The lowest BCUT2D eigenvalue weighted by atomic mass is 10.1. The summed E-state index contributed by atoms with van der Waals surface area (Å²) in [7, 11) is 1.53. The first kappa shape index (κ1) is 21.9.